The summed E-state index contributed by atoms with van der Waals surface area (Å²) in [7, 11) is 0. The molecule has 0 unspecified atom stereocenters. The number of fused-ring (bicyclic) bond motifs is 6. The highest BCUT2D eigenvalue weighted by molar-refractivity contribution is 6.15. The number of hydrogen-bond acceptors (Lipinski definition) is 2. The highest BCUT2D eigenvalue weighted by atomic mass is 15.0. The van der Waals surface area contributed by atoms with E-state index in [4.69, 9.17) is 0 Å². The molecule has 51 heavy (non-hydrogen) atoms. The van der Waals surface area contributed by atoms with Gasteiger partial charge in [-0.05, 0) is 109 Å². The Balaban J connectivity index is 1.07. The highest BCUT2D eigenvalue weighted by Crippen LogP contribution is 2.39. The van der Waals surface area contributed by atoms with Crippen LogP contribution in [0.15, 0.2) is 189 Å². The van der Waals surface area contributed by atoms with Gasteiger partial charge in [0, 0.05) is 46.6 Å². The molecule has 0 aliphatic heterocycles. The molecule has 0 saturated heterocycles. The average Bonchev–Trinajstić information content (AvgIpc) is 3.55. The van der Waals surface area contributed by atoms with Crippen molar-refractivity contribution in [1.29, 1.82) is 0 Å². The lowest BCUT2D eigenvalue weighted by atomic mass is 9.91. The normalized spacial score (nSPS) is 11.5. The second kappa shape index (κ2) is 11.9. The van der Waals surface area contributed by atoms with Crippen molar-refractivity contribution < 1.29 is 0 Å². The first kappa shape index (κ1) is 29.1. The van der Waals surface area contributed by atoms with Crippen molar-refractivity contribution in [1.82, 2.24) is 14.5 Å². The van der Waals surface area contributed by atoms with Gasteiger partial charge in [-0.15, -0.1) is 0 Å². The lowest BCUT2D eigenvalue weighted by molar-refractivity contribution is 1.17. The molecular weight excluding hydrogens is 619 g/mol. The summed E-state index contributed by atoms with van der Waals surface area (Å²) in [5.41, 5.74) is 13.0. The van der Waals surface area contributed by atoms with Gasteiger partial charge in [-0.25, -0.2) is 0 Å². The molecule has 3 nitrogen and oxygen atoms in total. The summed E-state index contributed by atoms with van der Waals surface area (Å²) in [6, 6.07) is 59.0. The summed E-state index contributed by atoms with van der Waals surface area (Å²) >= 11 is 0. The van der Waals surface area contributed by atoms with Crippen LogP contribution in [0.5, 0.6) is 0 Å². The highest BCUT2D eigenvalue weighted by Gasteiger charge is 2.15. The minimum atomic E-state index is 1.13. The molecule has 0 fully saturated rings. The van der Waals surface area contributed by atoms with E-state index in [-0.39, 0.29) is 0 Å². The van der Waals surface area contributed by atoms with Gasteiger partial charge in [-0.2, -0.15) is 0 Å². The predicted octanol–water partition coefficient (Wildman–Crippen LogP) is 12.5. The zero-order valence-corrected chi connectivity index (χ0v) is 27.7. The Bertz CT molecular complexity index is 2870. The third-order valence-corrected chi connectivity index (χ3v) is 10.2. The van der Waals surface area contributed by atoms with Crippen molar-refractivity contribution >= 4 is 43.4 Å². The molecule has 0 N–H and O–H groups in total. The summed E-state index contributed by atoms with van der Waals surface area (Å²) in [6.07, 6.45) is 7.77. The molecule has 0 atom stereocenters. The van der Waals surface area contributed by atoms with Crippen LogP contribution >= 0.6 is 0 Å². The van der Waals surface area contributed by atoms with Crippen molar-refractivity contribution in [3.05, 3.63) is 189 Å². The summed E-state index contributed by atoms with van der Waals surface area (Å²) in [5.74, 6) is 0. The minimum Gasteiger partial charge on any atom is -0.309 e. The van der Waals surface area contributed by atoms with Gasteiger partial charge in [-0.3, -0.25) is 9.97 Å². The number of nitrogens with zero attached hydrogens (tertiary/aromatic N) is 3. The molecule has 0 aliphatic rings. The van der Waals surface area contributed by atoms with E-state index < -0.39 is 0 Å². The molecule has 3 heterocycles. The molecule has 3 aromatic heterocycles. The second-order valence-corrected chi connectivity index (χ2v) is 13.1. The van der Waals surface area contributed by atoms with E-state index in [0.717, 1.165) is 27.5 Å². The van der Waals surface area contributed by atoms with Crippen LogP contribution in [-0.2, 0) is 0 Å². The minimum absolute atomic E-state index is 1.13. The van der Waals surface area contributed by atoms with E-state index in [0.29, 0.717) is 0 Å². The van der Waals surface area contributed by atoms with E-state index in [1.165, 1.54) is 66.1 Å². The fraction of sp³-hybridized carbons (Fsp3) is 0. The molecule has 7 aromatic carbocycles. The molecule has 3 heteroatoms. The maximum absolute atomic E-state index is 4.57. The maximum atomic E-state index is 4.57. The first-order valence-electron chi connectivity index (χ1n) is 17.3. The van der Waals surface area contributed by atoms with Crippen LogP contribution < -0.4 is 0 Å². The van der Waals surface area contributed by atoms with Crippen molar-refractivity contribution in [2.24, 2.45) is 0 Å². The first-order chi connectivity index (χ1) is 25.3. The third kappa shape index (κ3) is 4.98. The van der Waals surface area contributed by atoms with Crippen molar-refractivity contribution in [3.63, 3.8) is 0 Å². The van der Waals surface area contributed by atoms with E-state index in [1.807, 2.05) is 24.8 Å². The van der Waals surface area contributed by atoms with Crippen LogP contribution in [0.3, 0.4) is 0 Å². The fourth-order valence-corrected chi connectivity index (χ4v) is 7.64. The molecule has 0 saturated carbocycles. The molecule has 0 radical (unpaired) electrons. The quantitative estimate of drug-likeness (QED) is 0.174. The lowest BCUT2D eigenvalue weighted by Gasteiger charge is -2.13. The number of hydrogen-bond donors (Lipinski definition) is 0. The summed E-state index contributed by atoms with van der Waals surface area (Å²) < 4.78 is 2.35. The standard InChI is InChI=1S/C48H31N3/c1-3-7-32(8-4-1)34-11-13-36(14-12-34)42-29-39-16-15-37(27-43(39)45-30-49-25-23-41(42)45)38-19-22-47-44(28-38)46-31-50-26-24-48(46)51(47)40-20-17-35(18-21-40)33-9-5-2-6-10-33/h1-31H. The average molecular weight is 650 g/mol. The summed E-state index contributed by atoms with van der Waals surface area (Å²) in [5, 5.41) is 7.07. The fourth-order valence-electron chi connectivity index (χ4n) is 7.64. The Kier molecular flexibility index (Phi) is 6.81. The van der Waals surface area contributed by atoms with Gasteiger partial charge in [-0.1, -0.05) is 115 Å². The van der Waals surface area contributed by atoms with E-state index in [9.17, 15) is 0 Å². The Labute approximate surface area is 295 Å². The maximum Gasteiger partial charge on any atom is 0.0571 e. The van der Waals surface area contributed by atoms with Crippen molar-refractivity contribution in [2.75, 3.05) is 0 Å². The third-order valence-electron chi connectivity index (χ3n) is 10.2. The number of benzene rings is 7. The van der Waals surface area contributed by atoms with Gasteiger partial charge < -0.3 is 4.57 Å². The Morgan fingerprint density at radius 3 is 1.57 bits per heavy atom. The number of pyridine rings is 2. The Morgan fingerprint density at radius 2 is 0.863 bits per heavy atom. The Morgan fingerprint density at radius 1 is 0.333 bits per heavy atom. The van der Waals surface area contributed by atoms with Crippen LogP contribution in [0.2, 0.25) is 0 Å². The topological polar surface area (TPSA) is 30.7 Å². The second-order valence-electron chi connectivity index (χ2n) is 13.1. The number of rotatable bonds is 5. The number of aromatic nitrogens is 3. The molecule has 10 aromatic rings. The largest absolute Gasteiger partial charge is 0.309 e. The van der Waals surface area contributed by atoms with Crippen LogP contribution in [0, 0.1) is 0 Å². The molecule has 0 bridgehead atoms. The van der Waals surface area contributed by atoms with Gasteiger partial charge in [0.2, 0.25) is 0 Å². The van der Waals surface area contributed by atoms with Crippen LogP contribution in [0.1, 0.15) is 0 Å². The van der Waals surface area contributed by atoms with Gasteiger partial charge >= 0.3 is 0 Å². The molecule has 238 valence electrons. The molecule has 0 spiro atoms. The SMILES string of the molecule is c1ccc(-c2ccc(-c3cc4ccc(-c5ccc6c(c5)c5cnccc5n6-c5ccc(-c6ccccc6)cc5)cc4c4cnccc34)cc2)cc1. The van der Waals surface area contributed by atoms with Crippen molar-refractivity contribution in [3.8, 4) is 50.2 Å². The van der Waals surface area contributed by atoms with Crippen molar-refractivity contribution in [2.45, 2.75) is 0 Å². The van der Waals surface area contributed by atoms with Gasteiger partial charge in [0.05, 0.1) is 11.0 Å². The van der Waals surface area contributed by atoms with E-state index >= 15 is 0 Å². The van der Waals surface area contributed by atoms with Crippen LogP contribution in [-0.4, -0.2) is 14.5 Å². The van der Waals surface area contributed by atoms with Crippen LogP contribution in [0.25, 0.3) is 93.5 Å². The molecule has 0 aliphatic carbocycles. The van der Waals surface area contributed by atoms with E-state index in [1.54, 1.807) is 0 Å². The smallest absolute Gasteiger partial charge is 0.0571 e. The van der Waals surface area contributed by atoms with Gasteiger partial charge in [0.15, 0.2) is 0 Å². The van der Waals surface area contributed by atoms with Gasteiger partial charge in [0.25, 0.3) is 0 Å². The molecule has 0 amide bonds. The lowest BCUT2D eigenvalue weighted by Crippen LogP contribution is -1.94. The van der Waals surface area contributed by atoms with Gasteiger partial charge in [0.1, 0.15) is 0 Å². The predicted molar refractivity (Wildman–Crippen MR) is 213 cm³/mol. The first-order valence-corrected chi connectivity index (χ1v) is 17.3. The summed E-state index contributed by atoms with van der Waals surface area (Å²) in [4.78, 5) is 9.11. The van der Waals surface area contributed by atoms with Crippen LogP contribution in [0.4, 0.5) is 0 Å². The Hall–Kier alpha value is -6.84. The molecular formula is C48H31N3. The zero-order chi connectivity index (χ0) is 33.7. The van der Waals surface area contributed by atoms with E-state index in [2.05, 4.69) is 178 Å². The monoisotopic (exact) mass is 649 g/mol. The zero-order valence-electron chi connectivity index (χ0n) is 27.7. The summed E-state index contributed by atoms with van der Waals surface area (Å²) in [6.45, 7) is 0. The molecule has 10 rings (SSSR count).